The lowest BCUT2D eigenvalue weighted by Gasteiger charge is -2.24. The van der Waals surface area contributed by atoms with E-state index in [4.69, 9.17) is 18.9 Å². The highest BCUT2D eigenvalue weighted by molar-refractivity contribution is 7.17. The summed E-state index contributed by atoms with van der Waals surface area (Å²) in [6.45, 7) is 11.9. The van der Waals surface area contributed by atoms with Crippen LogP contribution in [0.5, 0.6) is 17.2 Å². The Kier molecular flexibility index (Phi) is 9.57. The third-order valence-corrected chi connectivity index (χ3v) is 8.60. The molecular formula is C34H36N2O8S. The van der Waals surface area contributed by atoms with E-state index in [0.29, 0.717) is 53.7 Å². The Morgan fingerprint density at radius 1 is 1.18 bits per heavy atom. The van der Waals surface area contributed by atoms with Gasteiger partial charge < -0.3 is 24.1 Å². The fraction of sp³-hybridized carbons (Fsp3) is 0.353. The number of fused-ring (bicyclic) bond motifs is 1. The molecule has 0 spiro atoms. The lowest BCUT2D eigenvalue weighted by Crippen LogP contribution is -2.29. The van der Waals surface area contributed by atoms with Crippen molar-refractivity contribution in [1.29, 1.82) is 0 Å². The lowest BCUT2D eigenvalue weighted by atomic mass is 9.94. The molecule has 2 aliphatic heterocycles. The molecule has 5 rings (SSSR count). The van der Waals surface area contributed by atoms with Crippen LogP contribution in [0, 0.1) is 6.92 Å². The Labute approximate surface area is 265 Å². The fourth-order valence-corrected chi connectivity index (χ4v) is 6.34. The summed E-state index contributed by atoms with van der Waals surface area (Å²) >= 11 is 0.933. The number of benzene rings is 2. The number of unbranched alkanes of at least 4 members (excludes halogenated alkanes) is 1. The monoisotopic (exact) mass is 632 g/mol. The summed E-state index contributed by atoms with van der Waals surface area (Å²) in [5.41, 5.74) is 1.99. The first-order valence-electron chi connectivity index (χ1n) is 14.9. The van der Waals surface area contributed by atoms with Gasteiger partial charge in [-0.1, -0.05) is 43.4 Å². The van der Waals surface area contributed by atoms with Crippen molar-refractivity contribution >= 4 is 39.9 Å². The second-order valence-electron chi connectivity index (χ2n) is 10.8. The van der Waals surface area contributed by atoms with Crippen LogP contribution in [0.4, 0.5) is 5.13 Å². The van der Waals surface area contributed by atoms with Gasteiger partial charge in [-0.2, -0.15) is 0 Å². The first-order chi connectivity index (χ1) is 21.7. The van der Waals surface area contributed by atoms with Crippen molar-refractivity contribution in [3.05, 3.63) is 81.9 Å². The number of esters is 1. The molecule has 2 atom stereocenters. The van der Waals surface area contributed by atoms with Gasteiger partial charge in [-0.3, -0.25) is 14.5 Å². The number of ketones is 1. The molecule has 10 nitrogen and oxygen atoms in total. The van der Waals surface area contributed by atoms with Crippen molar-refractivity contribution in [2.24, 2.45) is 0 Å². The molecule has 0 aliphatic carbocycles. The molecule has 0 unspecified atom stereocenters. The summed E-state index contributed by atoms with van der Waals surface area (Å²) in [5, 5.41) is 11.8. The van der Waals surface area contributed by atoms with Crippen LogP contribution in [-0.4, -0.2) is 53.7 Å². The molecule has 236 valence electrons. The van der Waals surface area contributed by atoms with Gasteiger partial charge in [0.15, 0.2) is 16.6 Å². The first-order valence-corrected chi connectivity index (χ1v) is 15.8. The molecule has 1 aromatic heterocycles. The quantitative estimate of drug-likeness (QED) is 0.0610. The second kappa shape index (κ2) is 13.6. The van der Waals surface area contributed by atoms with Crippen molar-refractivity contribution in [2.45, 2.75) is 59.1 Å². The number of aryl methyl sites for hydroxylation is 1. The van der Waals surface area contributed by atoms with E-state index in [0.717, 1.165) is 29.7 Å². The minimum Gasteiger partial charge on any atom is -0.507 e. The van der Waals surface area contributed by atoms with Gasteiger partial charge >= 0.3 is 11.9 Å². The van der Waals surface area contributed by atoms with Gasteiger partial charge in [0.05, 0.1) is 30.5 Å². The minimum absolute atomic E-state index is 0.00744. The molecular weight excluding hydrogens is 596 g/mol. The highest BCUT2D eigenvalue weighted by Gasteiger charge is 2.49. The predicted molar refractivity (Wildman–Crippen MR) is 170 cm³/mol. The Morgan fingerprint density at radius 3 is 2.71 bits per heavy atom. The largest absolute Gasteiger partial charge is 0.507 e. The van der Waals surface area contributed by atoms with Crippen LogP contribution in [0.1, 0.15) is 71.7 Å². The van der Waals surface area contributed by atoms with Gasteiger partial charge in [0.25, 0.3) is 5.78 Å². The zero-order chi connectivity index (χ0) is 32.2. The number of thiazole rings is 1. The van der Waals surface area contributed by atoms with E-state index >= 15 is 0 Å². The Morgan fingerprint density at radius 2 is 1.98 bits per heavy atom. The highest BCUT2D eigenvalue weighted by atomic mass is 32.1. The Hall–Kier alpha value is -4.64. The van der Waals surface area contributed by atoms with E-state index in [1.165, 1.54) is 11.0 Å². The summed E-state index contributed by atoms with van der Waals surface area (Å²) in [5.74, 6) is -1.05. The maximum absolute atomic E-state index is 13.8. The maximum Gasteiger partial charge on any atom is 0.350 e. The number of Topliss-reactive ketones (excluding diaryl/α,β-unsaturated/α-hetero) is 1. The molecule has 45 heavy (non-hydrogen) atoms. The molecule has 1 saturated heterocycles. The third-order valence-electron chi connectivity index (χ3n) is 7.46. The van der Waals surface area contributed by atoms with Crippen LogP contribution >= 0.6 is 11.3 Å². The van der Waals surface area contributed by atoms with E-state index in [1.807, 2.05) is 13.8 Å². The normalized spacial score (nSPS) is 18.4. The van der Waals surface area contributed by atoms with Crippen molar-refractivity contribution < 1.29 is 38.4 Å². The number of aliphatic hydroxyl groups is 1. The number of aliphatic hydroxyl groups excluding tert-OH is 1. The molecule has 2 aromatic carbocycles. The van der Waals surface area contributed by atoms with Crippen molar-refractivity contribution in [3.63, 3.8) is 0 Å². The SMILES string of the molecule is C=CCOC(=O)c1sc(N2C(=O)C(=O)C(=C(O)c3ccc4c(c3)C[C@H](C)O4)[C@@H]2c2ccc(OCCCC)c(OCC)c2)nc1C. The number of aromatic nitrogens is 1. The summed E-state index contributed by atoms with van der Waals surface area (Å²) in [6.07, 6.45) is 3.90. The smallest absolute Gasteiger partial charge is 0.350 e. The summed E-state index contributed by atoms with van der Waals surface area (Å²) in [4.78, 5) is 46.2. The number of amides is 1. The van der Waals surface area contributed by atoms with Gasteiger partial charge in [0.1, 0.15) is 29.1 Å². The zero-order valence-corrected chi connectivity index (χ0v) is 26.6. The topological polar surface area (TPSA) is 124 Å². The lowest BCUT2D eigenvalue weighted by molar-refractivity contribution is -0.132. The number of hydrogen-bond acceptors (Lipinski definition) is 10. The average Bonchev–Trinajstić information content (AvgIpc) is 3.67. The van der Waals surface area contributed by atoms with Crippen molar-refractivity contribution in [2.75, 3.05) is 24.7 Å². The van der Waals surface area contributed by atoms with Crippen LogP contribution in [0.3, 0.4) is 0 Å². The first kappa shape index (κ1) is 31.8. The van der Waals surface area contributed by atoms with Gasteiger partial charge in [-0.15, -0.1) is 0 Å². The van der Waals surface area contributed by atoms with Gasteiger partial charge in [0.2, 0.25) is 0 Å². The molecule has 3 heterocycles. The number of rotatable bonds is 12. The summed E-state index contributed by atoms with van der Waals surface area (Å²) in [7, 11) is 0. The molecule has 0 bridgehead atoms. The zero-order valence-electron chi connectivity index (χ0n) is 25.8. The molecule has 2 aliphatic rings. The molecule has 3 aromatic rings. The molecule has 0 radical (unpaired) electrons. The number of carbonyl (C=O) groups excluding carboxylic acids is 3. The van der Waals surface area contributed by atoms with E-state index in [9.17, 15) is 19.5 Å². The van der Waals surface area contributed by atoms with E-state index in [-0.39, 0.29) is 34.1 Å². The molecule has 11 heteroatoms. The number of hydrogen-bond donors (Lipinski definition) is 1. The summed E-state index contributed by atoms with van der Waals surface area (Å²) < 4.78 is 22.9. The summed E-state index contributed by atoms with van der Waals surface area (Å²) in [6, 6.07) is 9.28. The van der Waals surface area contributed by atoms with E-state index in [1.54, 1.807) is 43.3 Å². The van der Waals surface area contributed by atoms with Gasteiger partial charge in [0, 0.05) is 12.0 Å². The standard InChI is InChI=1S/C34H36N2O8S/c1-6-9-15-42-25-13-10-21(18-26(25)41-8-3)28-27(29(37)22-11-12-24-23(17-22)16-19(4)44-24)30(38)32(39)36(28)34-35-20(5)31(45-34)33(40)43-14-7-2/h7,10-13,17-19,28,37H,2,6,8-9,14-16H2,1,3-5H3/t19-,28-/m0/s1. The predicted octanol–water partition coefficient (Wildman–Crippen LogP) is 6.32. The molecule has 1 N–H and O–H groups in total. The van der Waals surface area contributed by atoms with Gasteiger partial charge in [-0.25, -0.2) is 9.78 Å². The van der Waals surface area contributed by atoms with Crippen LogP contribution in [0.2, 0.25) is 0 Å². The Balaban J connectivity index is 1.66. The average molecular weight is 633 g/mol. The van der Waals surface area contributed by atoms with Crippen molar-refractivity contribution in [3.8, 4) is 17.2 Å². The second-order valence-corrected chi connectivity index (χ2v) is 11.7. The van der Waals surface area contributed by atoms with E-state index in [2.05, 4.69) is 18.5 Å². The number of nitrogens with zero attached hydrogens (tertiary/aromatic N) is 2. The molecule has 1 amide bonds. The van der Waals surface area contributed by atoms with E-state index < -0.39 is 23.7 Å². The van der Waals surface area contributed by atoms with Crippen LogP contribution in [-0.2, 0) is 20.7 Å². The van der Waals surface area contributed by atoms with Crippen LogP contribution < -0.4 is 19.1 Å². The molecule has 0 saturated carbocycles. The van der Waals surface area contributed by atoms with Crippen LogP contribution in [0.25, 0.3) is 5.76 Å². The third kappa shape index (κ3) is 6.30. The highest BCUT2D eigenvalue weighted by Crippen LogP contribution is 2.46. The minimum atomic E-state index is -1.08. The fourth-order valence-electron chi connectivity index (χ4n) is 5.35. The van der Waals surface area contributed by atoms with Crippen LogP contribution in [0.15, 0.2) is 54.6 Å². The number of anilines is 1. The molecule has 1 fully saturated rings. The van der Waals surface area contributed by atoms with Gasteiger partial charge in [-0.05, 0) is 68.7 Å². The number of carbonyl (C=O) groups is 3. The van der Waals surface area contributed by atoms with Crippen molar-refractivity contribution in [1.82, 2.24) is 4.98 Å². The maximum atomic E-state index is 13.8. The number of ether oxygens (including phenoxy) is 4. The Bertz CT molecular complexity index is 1680.